The van der Waals surface area contributed by atoms with Crippen LogP contribution in [0.25, 0.3) is 0 Å². The van der Waals surface area contributed by atoms with Crippen molar-refractivity contribution in [2.45, 2.75) is 78.7 Å². The average Bonchev–Trinajstić information content (AvgIpc) is 2.67. The van der Waals surface area contributed by atoms with E-state index < -0.39 is 5.60 Å². The van der Waals surface area contributed by atoms with Gasteiger partial charge in [-0.1, -0.05) is 39.3 Å². The summed E-state index contributed by atoms with van der Waals surface area (Å²) in [6.45, 7) is 11.2. The number of esters is 1. The van der Waals surface area contributed by atoms with E-state index in [0.29, 0.717) is 24.4 Å². The average molecular weight is 296 g/mol. The molecule has 0 saturated heterocycles. The Morgan fingerprint density at radius 1 is 1.48 bits per heavy atom. The smallest absolute Gasteiger partial charge is 0.309 e. The number of rotatable bonds is 7. The Balaban J connectivity index is 2.46. The second kappa shape index (κ2) is 7.44. The molecule has 0 bridgehead atoms. The maximum absolute atomic E-state index is 11.5. The van der Waals surface area contributed by atoms with Crippen molar-refractivity contribution >= 4 is 5.97 Å². The monoisotopic (exact) mass is 296 g/mol. The molecule has 21 heavy (non-hydrogen) atoms. The first-order chi connectivity index (χ1) is 9.63. The van der Waals surface area contributed by atoms with Crippen molar-refractivity contribution in [1.82, 2.24) is 0 Å². The summed E-state index contributed by atoms with van der Waals surface area (Å²) in [5, 5.41) is 10.5. The first-order valence-corrected chi connectivity index (χ1v) is 8.22. The lowest BCUT2D eigenvalue weighted by molar-refractivity contribution is -0.147. The van der Waals surface area contributed by atoms with Gasteiger partial charge < -0.3 is 9.84 Å². The molecule has 0 heterocycles. The van der Waals surface area contributed by atoms with Crippen LogP contribution < -0.4 is 0 Å². The highest BCUT2D eigenvalue weighted by Crippen LogP contribution is 2.35. The summed E-state index contributed by atoms with van der Waals surface area (Å²) in [4.78, 5) is 11.5. The highest BCUT2D eigenvalue weighted by Gasteiger charge is 2.33. The molecule has 2 atom stereocenters. The molecule has 0 aliphatic heterocycles. The Labute approximate surface area is 129 Å². The normalized spacial score (nSPS) is 23.8. The van der Waals surface area contributed by atoms with E-state index in [-0.39, 0.29) is 12.4 Å². The van der Waals surface area contributed by atoms with E-state index in [9.17, 15) is 9.90 Å². The van der Waals surface area contributed by atoms with Gasteiger partial charge in [0.15, 0.2) is 0 Å². The van der Waals surface area contributed by atoms with E-state index in [2.05, 4.69) is 27.7 Å². The van der Waals surface area contributed by atoms with E-state index in [1.165, 1.54) is 18.4 Å². The highest BCUT2D eigenvalue weighted by atomic mass is 16.5. The van der Waals surface area contributed by atoms with Crippen molar-refractivity contribution in [1.29, 1.82) is 0 Å². The van der Waals surface area contributed by atoms with E-state index in [0.717, 1.165) is 12.8 Å². The largest absolute Gasteiger partial charge is 0.466 e. The maximum Gasteiger partial charge on any atom is 0.309 e. The predicted octanol–water partition coefficient (Wildman–Crippen LogP) is 4.24. The van der Waals surface area contributed by atoms with Crippen LogP contribution in [0.4, 0.5) is 0 Å². The molecule has 0 amide bonds. The third-order valence-corrected chi connectivity index (χ3v) is 4.11. The molecule has 0 aromatic carbocycles. The maximum atomic E-state index is 11.5. The quantitative estimate of drug-likeness (QED) is 0.564. The molecule has 122 valence electrons. The summed E-state index contributed by atoms with van der Waals surface area (Å²) in [6.07, 6.45) is 6.99. The van der Waals surface area contributed by atoms with E-state index in [4.69, 9.17) is 4.74 Å². The molecule has 0 spiro atoms. The zero-order valence-electron chi connectivity index (χ0n) is 14.4. The van der Waals surface area contributed by atoms with Gasteiger partial charge in [0, 0.05) is 0 Å². The van der Waals surface area contributed by atoms with Crippen LogP contribution in [0, 0.1) is 11.3 Å². The van der Waals surface area contributed by atoms with E-state index >= 15 is 0 Å². The summed E-state index contributed by atoms with van der Waals surface area (Å²) in [5.41, 5.74) is 0.692. The Morgan fingerprint density at radius 2 is 2.14 bits per heavy atom. The minimum Gasteiger partial charge on any atom is -0.466 e. The number of carbonyl (C=O) groups is 1. The van der Waals surface area contributed by atoms with Crippen LogP contribution in [0.1, 0.15) is 73.1 Å². The Hall–Kier alpha value is -0.830. The van der Waals surface area contributed by atoms with Gasteiger partial charge in [-0.3, -0.25) is 4.79 Å². The van der Waals surface area contributed by atoms with Gasteiger partial charge in [-0.15, -0.1) is 0 Å². The molecule has 0 aromatic heterocycles. The topological polar surface area (TPSA) is 46.5 Å². The highest BCUT2D eigenvalue weighted by molar-refractivity contribution is 5.71. The predicted molar refractivity (Wildman–Crippen MR) is 86.0 cm³/mol. The summed E-state index contributed by atoms with van der Waals surface area (Å²) in [6, 6.07) is 0. The zero-order valence-corrected chi connectivity index (χ0v) is 14.4. The lowest BCUT2D eigenvalue weighted by atomic mass is 9.85. The fourth-order valence-corrected chi connectivity index (χ4v) is 2.89. The number of carbonyl (C=O) groups excluding carboxylic acids is 1. The van der Waals surface area contributed by atoms with Crippen molar-refractivity contribution in [2.75, 3.05) is 6.61 Å². The van der Waals surface area contributed by atoms with Crippen LogP contribution in [0.15, 0.2) is 11.6 Å². The fourth-order valence-electron chi connectivity index (χ4n) is 2.89. The molecule has 1 aliphatic carbocycles. The van der Waals surface area contributed by atoms with Crippen molar-refractivity contribution < 1.29 is 14.6 Å². The zero-order chi connectivity index (χ0) is 16.1. The van der Waals surface area contributed by atoms with Crippen LogP contribution in [-0.2, 0) is 9.53 Å². The summed E-state index contributed by atoms with van der Waals surface area (Å²) >= 11 is 0. The third kappa shape index (κ3) is 7.12. The minimum atomic E-state index is -0.981. The van der Waals surface area contributed by atoms with Gasteiger partial charge in [0.2, 0.25) is 0 Å². The molecule has 1 N–H and O–H groups in total. The Morgan fingerprint density at radius 3 is 2.71 bits per heavy atom. The summed E-state index contributed by atoms with van der Waals surface area (Å²) in [7, 11) is 0. The second-order valence-electron chi connectivity index (χ2n) is 7.80. The van der Waals surface area contributed by atoms with Gasteiger partial charge in [-0.25, -0.2) is 0 Å². The number of hydrogen-bond acceptors (Lipinski definition) is 3. The van der Waals surface area contributed by atoms with Crippen molar-refractivity contribution in [3.05, 3.63) is 11.6 Å². The first-order valence-electron chi connectivity index (χ1n) is 8.22. The molecule has 2 unspecified atom stereocenters. The number of allylic oxidation sites excluding steroid dienone is 1. The number of hydrogen-bond donors (Lipinski definition) is 1. The molecule has 1 aliphatic rings. The standard InChI is InChI=1S/C18H32O3/c1-6-21-16(19)13-18(20)10-8-15(12-18)11-14(2)7-9-17(3,4)5/h12,14,20H,6-11,13H2,1-5H3. The van der Waals surface area contributed by atoms with Gasteiger partial charge in [0.25, 0.3) is 0 Å². The molecule has 0 fully saturated rings. The fraction of sp³-hybridized carbons (Fsp3) is 0.833. The van der Waals surface area contributed by atoms with Gasteiger partial charge in [-0.2, -0.15) is 0 Å². The lowest BCUT2D eigenvalue weighted by Gasteiger charge is -2.21. The molecule has 0 radical (unpaired) electrons. The molecular weight excluding hydrogens is 264 g/mol. The number of aliphatic hydroxyl groups is 1. The van der Waals surface area contributed by atoms with Crippen LogP contribution in [0.2, 0.25) is 0 Å². The molecular formula is C18H32O3. The molecule has 3 nitrogen and oxygen atoms in total. The molecule has 0 saturated carbocycles. The number of ether oxygens (including phenoxy) is 1. The van der Waals surface area contributed by atoms with Crippen LogP contribution in [0.3, 0.4) is 0 Å². The molecule has 3 heteroatoms. The van der Waals surface area contributed by atoms with Crippen LogP contribution >= 0.6 is 0 Å². The van der Waals surface area contributed by atoms with Gasteiger partial charge in [-0.05, 0) is 50.4 Å². The van der Waals surface area contributed by atoms with Crippen molar-refractivity contribution in [3.8, 4) is 0 Å². The van der Waals surface area contributed by atoms with Crippen molar-refractivity contribution in [2.24, 2.45) is 11.3 Å². The molecule has 0 aromatic rings. The second-order valence-corrected chi connectivity index (χ2v) is 7.80. The van der Waals surface area contributed by atoms with Gasteiger partial charge in [0.1, 0.15) is 0 Å². The van der Waals surface area contributed by atoms with Crippen molar-refractivity contribution in [3.63, 3.8) is 0 Å². The summed E-state index contributed by atoms with van der Waals surface area (Å²) in [5.74, 6) is 0.318. The lowest BCUT2D eigenvalue weighted by Crippen LogP contribution is -2.27. The minimum absolute atomic E-state index is 0.0840. The molecule has 1 rings (SSSR count). The third-order valence-electron chi connectivity index (χ3n) is 4.11. The van der Waals surface area contributed by atoms with Gasteiger partial charge >= 0.3 is 5.97 Å². The Bertz CT molecular complexity index is 378. The van der Waals surface area contributed by atoms with E-state index in [1.807, 2.05) is 6.08 Å². The first kappa shape index (κ1) is 18.2. The van der Waals surface area contributed by atoms with E-state index in [1.54, 1.807) is 6.92 Å². The Kier molecular flexibility index (Phi) is 6.45. The van der Waals surface area contributed by atoms with Gasteiger partial charge in [0.05, 0.1) is 18.6 Å². The SMILES string of the molecule is CCOC(=O)CC1(O)C=C(CC(C)CCC(C)(C)C)CC1. The van der Waals surface area contributed by atoms with Crippen LogP contribution in [0.5, 0.6) is 0 Å². The summed E-state index contributed by atoms with van der Waals surface area (Å²) < 4.78 is 4.93. The van der Waals surface area contributed by atoms with Crippen LogP contribution in [-0.4, -0.2) is 23.3 Å².